The lowest BCUT2D eigenvalue weighted by Gasteiger charge is -2.45. The molecule has 0 aromatic carbocycles. The van der Waals surface area contributed by atoms with Crippen LogP contribution in [-0.2, 0) is 9.63 Å². The molecule has 0 aliphatic carbocycles. The van der Waals surface area contributed by atoms with E-state index in [9.17, 15) is 4.79 Å². The van der Waals surface area contributed by atoms with Gasteiger partial charge in [0.1, 0.15) is 6.04 Å². The van der Waals surface area contributed by atoms with E-state index in [0.717, 1.165) is 0 Å². The van der Waals surface area contributed by atoms with Crippen molar-refractivity contribution in [3.8, 4) is 0 Å². The van der Waals surface area contributed by atoms with Crippen molar-refractivity contribution in [3.05, 3.63) is 0 Å². The van der Waals surface area contributed by atoms with E-state index in [-0.39, 0.29) is 5.04 Å². The summed E-state index contributed by atoms with van der Waals surface area (Å²) in [6, 6.07) is -0.995. The highest BCUT2D eigenvalue weighted by atomic mass is 28.3. The van der Waals surface area contributed by atoms with Gasteiger partial charge in [0.2, 0.25) is 0 Å². The minimum Gasteiger partial charge on any atom is -0.480 e. The summed E-state index contributed by atoms with van der Waals surface area (Å²) in [5, 5.41) is 18.1. The lowest BCUT2D eigenvalue weighted by atomic mass is 10.2. The van der Waals surface area contributed by atoms with Crippen LogP contribution in [0.1, 0.15) is 20.8 Å². The summed E-state index contributed by atoms with van der Waals surface area (Å²) < 4.78 is 1.48. The molecule has 0 spiro atoms. The lowest BCUT2D eigenvalue weighted by Crippen LogP contribution is -2.61. The van der Waals surface area contributed by atoms with Crippen LogP contribution < -0.4 is 0 Å². The van der Waals surface area contributed by atoms with Crippen molar-refractivity contribution in [1.29, 1.82) is 0 Å². The molecule has 16 heavy (non-hydrogen) atoms. The van der Waals surface area contributed by atoms with Gasteiger partial charge >= 0.3 is 5.97 Å². The van der Waals surface area contributed by atoms with E-state index < -0.39 is 26.9 Å². The number of aliphatic hydroxyl groups is 1. The third-order valence-corrected chi connectivity index (χ3v) is 8.59. The van der Waals surface area contributed by atoms with Crippen LogP contribution in [0.5, 0.6) is 0 Å². The Hall–Kier alpha value is -0.433. The second-order valence-corrected chi connectivity index (χ2v) is 10.4. The fourth-order valence-corrected chi connectivity index (χ4v) is 3.42. The second-order valence-electron chi connectivity index (χ2n) is 5.35. The fraction of sp³-hybridized carbons (Fsp3) is 0.900. The molecule has 0 amide bonds. The molecule has 0 radical (unpaired) electrons. The SMILES string of the molecule is CON([C@H](CO)C(=O)O)[Si](C)(C)C(C)(C)C. The van der Waals surface area contributed by atoms with Crippen LogP contribution in [0.2, 0.25) is 18.1 Å². The summed E-state index contributed by atoms with van der Waals surface area (Å²) in [6.07, 6.45) is 0. The maximum Gasteiger partial charge on any atom is 0.324 e. The number of carboxylic acid groups (broad SMARTS) is 1. The minimum atomic E-state index is -2.11. The molecule has 0 fully saturated rings. The van der Waals surface area contributed by atoms with Gasteiger partial charge in [-0.3, -0.25) is 4.79 Å². The Kier molecular flexibility index (Phi) is 5.12. The Morgan fingerprint density at radius 3 is 2.06 bits per heavy atom. The Morgan fingerprint density at radius 2 is 1.88 bits per heavy atom. The van der Waals surface area contributed by atoms with Gasteiger partial charge in [0.15, 0.2) is 8.24 Å². The summed E-state index contributed by atoms with van der Waals surface area (Å²) in [6.45, 7) is 9.78. The van der Waals surface area contributed by atoms with Crippen molar-refractivity contribution in [2.45, 2.75) is 44.9 Å². The van der Waals surface area contributed by atoms with Gasteiger partial charge in [-0.1, -0.05) is 33.9 Å². The van der Waals surface area contributed by atoms with Crippen LogP contribution in [0.4, 0.5) is 0 Å². The van der Waals surface area contributed by atoms with Gasteiger partial charge in [0, 0.05) is 0 Å². The van der Waals surface area contributed by atoms with Gasteiger partial charge in [-0.05, 0) is 5.04 Å². The van der Waals surface area contributed by atoms with Crippen LogP contribution in [0, 0.1) is 0 Å². The largest absolute Gasteiger partial charge is 0.480 e. The molecule has 1 atom stereocenters. The molecule has 0 saturated carbocycles. The maximum absolute atomic E-state index is 11.0. The summed E-state index contributed by atoms with van der Waals surface area (Å²) in [5.74, 6) is -1.06. The van der Waals surface area contributed by atoms with E-state index in [0.29, 0.717) is 0 Å². The summed E-state index contributed by atoms with van der Waals surface area (Å²) >= 11 is 0. The zero-order valence-electron chi connectivity index (χ0n) is 10.9. The van der Waals surface area contributed by atoms with E-state index in [4.69, 9.17) is 15.1 Å². The van der Waals surface area contributed by atoms with Gasteiger partial charge in [-0.15, -0.1) is 0 Å². The van der Waals surface area contributed by atoms with Gasteiger partial charge in [0.25, 0.3) is 0 Å². The zero-order valence-corrected chi connectivity index (χ0v) is 11.9. The van der Waals surface area contributed by atoms with Crippen molar-refractivity contribution in [2.75, 3.05) is 13.7 Å². The maximum atomic E-state index is 11.0. The molecule has 0 rings (SSSR count). The molecular formula is C10H23NO4Si. The number of hydrogen-bond donors (Lipinski definition) is 2. The Morgan fingerprint density at radius 1 is 1.44 bits per heavy atom. The molecule has 96 valence electrons. The van der Waals surface area contributed by atoms with E-state index >= 15 is 0 Å². The van der Waals surface area contributed by atoms with Crippen molar-refractivity contribution < 1.29 is 19.8 Å². The van der Waals surface area contributed by atoms with Gasteiger partial charge in [-0.2, -0.15) is 4.73 Å². The number of aliphatic hydroxyl groups excluding tert-OH is 1. The first kappa shape index (κ1) is 15.6. The Bertz CT molecular complexity index is 250. The molecule has 0 saturated heterocycles. The molecule has 0 aliphatic heterocycles. The van der Waals surface area contributed by atoms with E-state index in [1.807, 2.05) is 13.1 Å². The van der Waals surface area contributed by atoms with E-state index in [1.54, 1.807) is 0 Å². The van der Waals surface area contributed by atoms with E-state index in [2.05, 4.69) is 20.8 Å². The Balaban J connectivity index is 5.19. The van der Waals surface area contributed by atoms with E-state index in [1.165, 1.54) is 11.8 Å². The van der Waals surface area contributed by atoms with Crippen LogP contribution in [0.15, 0.2) is 0 Å². The van der Waals surface area contributed by atoms with Gasteiger partial charge < -0.3 is 15.1 Å². The normalized spacial score (nSPS) is 15.2. The van der Waals surface area contributed by atoms with Crippen molar-refractivity contribution >= 4 is 14.2 Å². The molecular weight excluding hydrogens is 226 g/mol. The average Bonchev–Trinajstić information content (AvgIpc) is 2.10. The molecule has 0 aromatic heterocycles. The lowest BCUT2D eigenvalue weighted by molar-refractivity contribution is -0.163. The zero-order chi connectivity index (χ0) is 13.1. The van der Waals surface area contributed by atoms with Crippen LogP contribution in [-0.4, -0.2) is 48.9 Å². The smallest absolute Gasteiger partial charge is 0.324 e. The number of rotatable bonds is 5. The van der Waals surface area contributed by atoms with Crippen LogP contribution in [0.3, 0.4) is 0 Å². The molecule has 0 heterocycles. The van der Waals surface area contributed by atoms with Crippen LogP contribution in [0.25, 0.3) is 0 Å². The third-order valence-electron chi connectivity index (χ3n) is 3.32. The first-order valence-electron chi connectivity index (χ1n) is 5.26. The highest BCUT2D eigenvalue weighted by Crippen LogP contribution is 2.39. The summed E-state index contributed by atoms with van der Waals surface area (Å²) in [5.41, 5.74) is 0. The number of carbonyl (C=O) groups is 1. The van der Waals surface area contributed by atoms with Crippen molar-refractivity contribution in [2.24, 2.45) is 0 Å². The first-order valence-corrected chi connectivity index (χ1v) is 8.21. The minimum absolute atomic E-state index is 0.0497. The average molecular weight is 249 g/mol. The monoisotopic (exact) mass is 249 g/mol. The quantitative estimate of drug-likeness (QED) is 0.568. The van der Waals surface area contributed by atoms with Crippen molar-refractivity contribution in [3.63, 3.8) is 0 Å². The predicted octanol–water partition coefficient (Wildman–Crippen LogP) is 1.30. The molecule has 0 unspecified atom stereocenters. The highest BCUT2D eigenvalue weighted by molar-refractivity contribution is 6.77. The number of hydrogen-bond acceptors (Lipinski definition) is 4. The first-order chi connectivity index (χ1) is 7.09. The highest BCUT2D eigenvalue weighted by Gasteiger charge is 2.46. The summed E-state index contributed by atoms with van der Waals surface area (Å²) in [4.78, 5) is 16.3. The number of nitrogens with zero attached hydrogens (tertiary/aromatic N) is 1. The predicted molar refractivity (Wildman–Crippen MR) is 64.6 cm³/mol. The molecule has 5 nitrogen and oxygen atoms in total. The number of carboxylic acids is 1. The van der Waals surface area contributed by atoms with Crippen molar-refractivity contribution in [1.82, 2.24) is 4.73 Å². The number of aliphatic carboxylic acids is 1. The van der Waals surface area contributed by atoms with Gasteiger partial charge in [0.05, 0.1) is 13.7 Å². The molecule has 0 aromatic rings. The standard InChI is InChI=1S/C10H23NO4Si/c1-10(2,3)16(5,6)11(15-4)8(7-12)9(13)14/h8,12H,7H2,1-6H3,(H,13,14)/t8-/m1/s1. The summed E-state index contributed by atoms with van der Waals surface area (Å²) in [7, 11) is -0.660. The fourth-order valence-electron chi connectivity index (χ4n) is 1.33. The second kappa shape index (κ2) is 5.26. The number of hydroxylamine groups is 1. The Labute approximate surface area is 98.1 Å². The van der Waals surface area contributed by atoms with Gasteiger partial charge in [-0.25, -0.2) is 0 Å². The third kappa shape index (κ3) is 3.04. The molecule has 0 aliphatic rings. The topological polar surface area (TPSA) is 70.0 Å². The van der Waals surface area contributed by atoms with Crippen LogP contribution >= 0.6 is 0 Å². The molecule has 0 bridgehead atoms. The molecule has 2 N–H and O–H groups in total. The molecule has 6 heteroatoms.